The van der Waals surface area contributed by atoms with Crippen molar-refractivity contribution in [3.8, 4) is 0 Å². The van der Waals surface area contributed by atoms with Crippen LogP contribution in [-0.2, 0) is 6.18 Å². The van der Waals surface area contributed by atoms with Crippen LogP contribution in [-0.4, -0.2) is 35.1 Å². The van der Waals surface area contributed by atoms with E-state index in [2.05, 4.69) is 15.3 Å². The van der Waals surface area contributed by atoms with Crippen LogP contribution < -0.4 is 10.2 Å². The molecule has 0 spiro atoms. The van der Waals surface area contributed by atoms with E-state index in [9.17, 15) is 13.2 Å². The maximum Gasteiger partial charge on any atom is 0.434 e. The fourth-order valence-corrected chi connectivity index (χ4v) is 2.14. The van der Waals surface area contributed by atoms with Gasteiger partial charge in [-0.3, -0.25) is 0 Å². The van der Waals surface area contributed by atoms with E-state index in [1.165, 1.54) is 6.20 Å². The van der Waals surface area contributed by atoms with Gasteiger partial charge in [0.05, 0.1) is 12.4 Å². The molecule has 0 aliphatic carbocycles. The molecular formula is C11H15F3N4. The highest BCUT2D eigenvalue weighted by atomic mass is 19.4. The number of hydrogen-bond acceptors (Lipinski definition) is 4. The molecule has 1 aliphatic rings. The van der Waals surface area contributed by atoms with Gasteiger partial charge in [-0.2, -0.15) is 13.2 Å². The van der Waals surface area contributed by atoms with Crippen molar-refractivity contribution in [2.45, 2.75) is 32.1 Å². The Labute approximate surface area is 103 Å². The lowest BCUT2D eigenvalue weighted by atomic mass is 10.1. The third kappa shape index (κ3) is 2.90. The highest BCUT2D eigenvalue weighted by molar-refractivity contribution is 5.37. The van der Waals surface area contributed by atoms with E-state index in [1.807, 2.05) is 18.7 Å². The molecule has 1 N–H and O–H groups in total. The third-order valence-corrected chi connectivity index (χ3v) is 2.81. The lowest BCUT2D eigenvalue weighted by Crippen LogP contribution is -2.54. The van der Waals surface area contributed by atoms with Crippen LogP contribution in [0.5, 0.6) is 0 Å². The van der Waals surface area contributed by atoms with Gasteiger partial charge in [0, 0.05) is 25.2 Å². The first-order chi connectivity index (χ1) is 8.36. The van der Waals surface area contributed by atoms with E-state index >= 15 is 0 Å². The fraction of sp³-hybridized carbons (Fsp3) is 0.636. The van der Waals surface area contributed by atoms with Crippen molar-refractivity contribution in [3.63, 3.8) is 0 Å². The van der Waals surface area contributed by atoms with Crippen LogP contribution in [0.4, 0.5) is 19.0 Å². The monoisotopic (exact) mass is 260 g/mol. The maximum atomic E-state index is 12.4. The number of nitrogens with one attached hydrogen (secondary N) is 1. The highest BCUT2D eigenvalue weighted by Crippen LogP contribution is 2.27. The topological polar surface area (TPSA) is 41.1 Å². The number of aromatic nitrogens is 2. The number of rotatable bonds is 1. The maximum absolute atomic E-state index is 12.4. The number of nitrogens with zero attached hydrogens (tertiary/aromatic N) is 3. The van der Waals surface area contributed by atoms with Gasteiger partial charge in [0.2, 0.25) is 0 Å². The largest absolute Gasteiger partial charge is 0.434 e. The Hall–Kier alpha value is -1.37. The molecule has 0 radical (unpaired) electrons. The molecule has 2 atom stereocenters. The zero-order valence-corrected chi connectivity index (χ0v) is 10.2. The van der Waals surface area contributed by atoms with Gasteiger partial charge >= 0.3 is 6.18 Å². The molecule has 1 aromatic heterocycles. The summed E-state index contributed by atoms with van der Waals surface area (Å²) in [5.41, 5.74) is -0.956. The summed E-state index contributed by atoms with van der Waals surface area (Å²) >= 11 is 0. The first-order valence-corrected chi connectivity index (χ1v) is 5.76. The molecule has 1 aliphatic heterocycles. The predicted molar refractivity (Wildman–Crippen MR) is 61.3 cm³/mol. The summed E-state index contributed by atoms with van der Waals surface area (Å²) < 4.78 is 37.1. The average Bonchev–Trinajstić information content (AvgIpc) is 2.27. The van der Waals surface area contributed by atoms with Gasteiger partial charge < -0.3 is 10.2 Å². The van der Waals surface area contributed by atoms with Gasteiger partial charge in [0.25, 0.3) is 0 Å². The summed E-state index contributed by atoms with van der Waals surface area (Å²) in [6, 6.07) is 0.552. The third-order valence-electron chi connectivity index (χ3n) is 2.81. The molecule has 2 rings (SSSR count). The molecular weight excluding hydrogens is 245 g/mol. The van der Waals surface area contributed by atoms with Gasteiger partial charge in [-0.1, -0.05) is 0 Å². The van der Waals surface area contributed by atoms with E-state index in [0.29, 0.717) is 18.9 Å². The zero-order valence-electron chi connectivity index (χ0n) is 10.2. The second kappa shape index (κ2) is 4.72. The molecule has 0 bridgehead atoms. The van der Waals surface area contributed by atoms with Gasteiger partial charge in [0.15, 0.2) is 5.69 Å². The van der Waals surface area contributed by atoms with Crippen molar-refractivity contribution in [1.29, 1.82) is 0 Å². The molecule has 0 saturated carbocycles. The van der Waals surface area contributed by atoms with E-state index in [0.717, 1.165) is 6.20 Å². The van der Waals surface area contributed by atoms with Gasteiger partial charge in [0.1, 0.15) is 5.82 Å². The average molecular weight is 260 g/mol. The van der Waals surface area contributed by atoms with Gasteiger partial charge in [-0.05, 0) is 13.8 Å². The zero-order chi connectivity index (χ0) is 13.3. The minimum atomic E-state index is -4.43. The molecule has 1 saturated heterocycles. The molecule has 100 valence electrons. The van der Waals surface area contributed by atoms with E-state index < -0.39 is 11.9 Å². The number of piperazine rings is 1. The minimum absolute atomic E-state index is 0.276. The SMILES string of the molecule is CC1CN(c2cnc(C(F)(F)F)cn2)CC(C)N1. The first-order valence-electron chi connectivity index (χ1n) is 5.76. The number of alkyl halides is 3. The first kappa shape index (κ1) is 13.1. The van der Waals surface area contributed by atoms with E-state index in [4.69, 9.17) is 0 Å². The van der Waals surface area contributed by atoms with Crippen molar-refractivity contribution in [1.82, 2.24) is 15.3 Å². The molecule has 0 aromatic carbocycles. The smallest absolute Gasteiger partial charge is 0.352 e. The Kier molecular flexibility index (Phi) is 3.43. The molecule has 1 fully saturated rings. The Morgan fingerprint density at radius 3 is 2.22 bits per heavy atom. The predicted octanol–water partition coefficient (Wildman–Crippen LogP) is 1.68. The van der Waals surface area contributed by atoms with Crippen molar-refractivity contribution in [3.05, 3.63) is 18.1 Å². The summed E-state index contributed by atoms with van der Waals surface area (Å²) in [4.78, 5) is 9.22. The standard InChI is InChI=1S/C11H15F3N4/c1-7-5-18(6-8(2)17-7)10-4-15-9(3-16-10)11(12,13)14/h3-4,7-8,17H,5-6H2,1-2H3. The molecule has 1 aromatic rings. The van der Waals surface area contributed by atoms with Crippen molar-refractivity contribution in [2.75, 3.05) is 18.0 Å². The van der Waals surface area contributed by atoms with Crippen LogP contribution >= 0.6 is 0 Å². The second-order valence-corrected chi connectivity index (χ2v) is 4.63. The number of anilines is 1. The fourth-order valence-electron chi connectivity index (χ4n) is 2.14. The summed E-state index contributed by atoms with van der Waals surface area (Å²) in [6.07, 6.45) is -2.46. The lowest BCUT2D eigenvalue weighted by Gasteiger charge is -2.36. The highest BCUT2D eigenvalue weighted by Gasteiger charge is 2.33. The number of halogens is 3. The van der Waals surface area contributed by atoms with Crippen LogP contribution in [0.3, 0.4) is 0 Å². The van der Waals surface area contributed by atoms with Crippen LogP contribution in [0.15, 0.2) is 12.4 Å². The Balaban J connectivity index is 2.14. The van der Waals surface area contributed by atoms with Crippen LogP contribution in [0.2, 0.25) is 0 Å². The molecule has 18 heavy (non-hydrogen) atoms. The normalized spacial score (nSPS) is 25.3. The van der Waals surface area contributed by atoms with Gasteiger partial charge in [-0.15, -0.1) is 0 Å². The molecule has 2 heterocycles. The summed E-state index contributed by atoms with van der Waals surface area (Å²) in [6.45, 7) is 5.48. The van der Waals surface area contributed by atoms with Gasteiger partial charge in [-0.25, -0.2) is 9.97 Å². The van der Waals surface area contributed by atoms with Crippen LogP contribution in [0.25, 0.3) is 0 Å². The molecule has 4 nitrogen and oxygen atoms in total. The number of hydrogen-bond donors (Lipinski definition) is 1. The summed E-state index contributed by atoms with van der Waals surface area (Å²) in [7, 11) is 0. The molecule has 0 amide bonds. The Morgan fingerprint density at radius 2 is 1.78 bits per heavy atom. The Bertz CT molecular complexity index is 394. The van der Waals surface area contributed by atoms with Crippen LogP contribution in [0.1, 0.15) is 19.5 Å². The van der Waals surface area contributed by atoms with Crippen molar-refractivity contribution < 1.29 is 13.2 Å². The summed E-state index contributed by atoms with van der Waals surface area (Å²) in [5.74, 6) is 0.489. The quantitative estimate of drug-likeness (QED) is 0.834. The molecule has 7 heteroatoms. The lowest BCUT2D eigenvalue weighted by molar-refractivity contribution is -0.141. The second-order valence-electron chi connectivity index (χ2n) is 4.63. The minimum Gasteiger partial charge on any atom is -0.352 e. The van der Waals surface area contributed by atoms with E-state index in [1.54, 1.807) is 0 Å². The summed E-state index contributed by atoms with van der Waals surface area (Å²) in [5, 5.41) is 3.34. The van der Waals surface area contributed by atoms with Crippen LogP contribution in [0, 0.1) is 0 Å². The van der Waals surface area contributed by atoms with E-state index in [-0.39, 0.29) is 12.1 Å². The Morgan fingerprint density at radius 1 is 1.17 bits per heavy atom. The van der Waals surface area contributed by atoms with Crippen molar-refractivity contribution >= 4 is 5.82 Å². The van der Waals surface area contributed by atoms with Crippen molar-refractivity contribution in [2.24, 2.45) is 0 Å². The molecule has 2 unspecified atom stereocenters.